The number of nitrogens with zero attached hydrogens (tertiary/aromatic N) is 1. The number of halogens is 5. The summed E-state index contributed by atoms with van der Waals surface area (Å²) in [5, 5.41) is 10.7. The average Bonchev–Trinajstić information content (AvgIpc) is 2.37. The lowest BCUT2D eigenvalue weighted by atomic mass is 10.2. The normalized spacial score (nSPS) is 12.3. The molecule has 0 spiro atoms. The van der Waals surface area contributed by atoms with Crippen molar-refractivity contribution in [2.75, 3.05) is 12.0 Å². The molecule has 0 bridgehead atoms. The Morgan fingerprint density at radius 2 is 1.90 bits per heavy atom. The number of nitrogens with one attached hydrogen (secondary N) is 1. The topological polar surface area (TPSA) is 90.4 Å². The van der Waals surface area contributed by atoms with Gasteiger partial charge in [-0.05, 0) is 11.6 Å². The molecule has 3 N–H and O–H groups in total. The Balaban J connectivity index is 2.73. The molecule has 0 saturated heterocycles. The molecule has 0 aromatic heterocycles. The van der Waals surface area contributed by atoms with Gasteiger partial charge in [0.15, 0.2) is 0 Å². The summed E-state index contributed by atoms with van der Waals surface area (Å²) in [6.45, 7) is -2.52. The van der Waals surface area contributed by atoms with Crippen LogP contribution in [-0.2, 0) is 11.3 Å². The molecule has 0 aliphatic heterocycles. The minimum absolute atomic E-state index is 0.0376. The number of nitro benzene ring substituents is 1. The summed E-state index contributed by atoms with van der Waals surface area (Å²) in [5.41, 5.74) is 1.61. The zero-order valence-electron chi connectivity index (χ0n) is 10.3. The van der Waals surface area contributed by atoms with Crippen LogP contribution in [0.25, 0.3) is 0 Å². The highest BCUT2D eigenvalue weighted by atomic mass is 19.4. The molecule has 1 aromatic carbocycles. The van der Waals surface area contributed by atoms with Crippen molar-refractivity contribution in [3.8, 4) is 0 Å². The van der Waals surface area contributed by atoms with Crippen LogP contribution in [0.3, 0.4) is 0 Å². The quantitative estimate of drug-likeness (QED) is 0.364. The first kappa shape index (κ1) is 17.0. The van der Waals surface area contributed by atoms with Crippen molar-refractivity contribution in [1.82, 2.24) is 0 Å². The van der Waals surface area contributed by atoms with E-state index in [9.17, 15) is 32.1 Å². The van der Waals surface area contributed by atoms with Crippen LogP contribution < -0.4 is 11.3 Å². The van der Waals surface area contributed by atoms with Gasteiger partial charge in [-0.25, -0.2) is 0 Å². The fourth-order valence-electron chi connectivity index (χ4n) is 1.32. The van der Waals surface area contributed by atoms with E-state index in [4.69, 9.17) is 5.84 Å². The molecule has 1 rings (SSSR count). The molecule has 21 heavy (non-hydrogen) atoms. The van der Waals surface area contributed by atoms with Crippen molar-refractivity contribution >= 4 is 11.4 Å². The van der Waals surface area contributed by atoms with E-state index in [2.05, 4.69) is 10.2 Å². The Labute approximate surface area is 114 Å². The first-order valence-corrected chi connectivity index (χ1v) is 5.34. The Kier molecular flexibility index (Phi) is 5.01. The van der Waals surface area contributed by atoms with Crippen LogP contribution in [0.5, 0.6) is 0 Å². The van der Waals surface area contributed by atoms with Gasteiger partial charge in [-0.3, -0.25) is 16.0 Å². The smallest absolute Gasteiger partial charge is 0.370 e. The van der Waals surface area contributed by atoms with Crippen LogP contribution in [-0.4, -0.2) is 23.6 Å². The first-order chi connectivity index (χ1) is 9.58. The Morgan fingerprint density at radius 1 is 1.29 bits per heavy atom. The number of hydrogen-bond donors (Lipinski definition) is 2. The van der Waals surface area contributed by atoms with E-state index < -0.39 is 35.9 Å². The van der Waals surface area contributed by atoms with Crippen LogP contribution in [0.2, 0.25) is 0 Å². The van der Waals surface area contributed by atoms with E-state index in [0.29, 0.717) is 0 Å². The fourth-order valence-corrected chi connectivity index (χ4v) is 1.32. The van der Waals surface area contributed by atoms with Crippen molar-refractivity contribution in [2.24, 2.45) is 5.84 Å². The van der Waals surface area contributed by atoms with Gasteiger partial charge in [0.05, 0.1) is 11.5 Å². The van der Waals surface area contributed by atoms with Gasteiger partial charge in [0.1, 0.15) is 12.3 Å². The highest BCUT2D eigenvalue weighted by molar-refractivity contribution is 5.61. The van der Waals surface area contributed by atoms with E-state index >= 15 is 0 Å². The van der Waals surface area contributed by atoms with E-state index in [0.717, 1.165) is 6.07 Å². The summed E-state index contributed by atoms with van der Waals surface area (Å²) in [7, 11) is 0. The van der Waals surface area contributed by atoms with Crippen molar-refractivity contribution in [3.05, 3.63) is 33.9 Å². The Hall–Kier alpha value is -2.01. The molecule has 0 saturated carbocycles. The van der Waals surface area contributed by atoms with Crippen LogP contribution in [0, 0.1) is 10.1 Å². The van der Waals surface area contributed by atoms with Crippen molar-refractivity contribution in [2.45, 2.75) is 18.7 Å². The largest absolute Gasteiger partial charge is 0.455 e. The maximum atomic E-state index is 12.6. The summed E-state index contributed by atoms with van der Waals surface area (Å²) >= 11 is 0. The van der Waals surface area contributed by atoms with Gasteiger partial charge >= 0.3 is 12.1 Å². The van der Waals surface area contributed by atoms with Gasteiger partial charge < -0.3 is 10.2 Å². The molecule has 0 amide bonds. The molecule has 0 heterocycles. The van der Waals surface area contributed by atoms with Gasteiger partial charge in [0, 0.05) is 6.07 Å². The zero-order chi connectivity index (χ0) is 16.3. The number of anilines is 1. The number of hydrogen-bond acceptors (Lipinski definition) is 5. The van der Waals surface area contributed by atoms with Gasteiger partial charge in [0.2, 0.25) is 0 Å². The summed E-state index contributed by atoms with van der Waals surface area (Å²) in [4.78, 5) is 9.91. The molecule has 0 fully saturated rings. The number of nitro groups is 1. The second kappa shape index (κ2) is 6.18. The summed E-state index contributed by atoms with van der Waals surface area (Å²) in [5.74, 6) is 0.0453. The highest BCUT2D eigenvalue weighted by Gasteiger charge is 2.57. The summed E-state index contributed by atoms with van der Waals surface area (Å²) in [6, 6.07) is 3.38. The summed E-state index contributed by atoms with van der Waals surface area (Å²) in [6.07, 6.45) is -5.72. The fraction of sp³-hybridized carbons (Fsp3) is 0.400. The van der Waals surface area contributed by atoms with Crippen LogP contribution >= 0.6 is 0 Å². The molecule has 11 heteroatoms. The average molecular weight is 315 g/mol. The van der Waals surface area contributed by atoms with E-state index in [-0.39, 0.29) is 11.3 Å². The molecule has 118 valence electrons. The maximum Gasteiger partial charge on any atom is 0.455 e. The molecule has 1 aromatic rings. The van der Waals surface area contributed by atoms with Gasteiger partial charge in [-0.1, -0.05) is 6.07 Å². The predicted octanol–water partition coefficient (Wildman–Crippen LogP) is 2.59. The summed E-state index contributed by atoms with van der Waals surface area (Å²) < 4.78 is 65.1. The molecule has 0 atom stereocenters. The Morgan fingerprint density at radius 3 is 2.38 bits per heavy atom. The van der Waals surface area contributed by atoms with Crippen LogP contribution in [0.15, 0.2) is 18.2 Å². The Bertz CT molecular complexity index is 521. The molecule has 6 nitrogen and oxygen atoms in total. The predicted molar refractivity (Wildman–Crippen MR) is 61.6 cm³/mol. The minimum atomic E-state index is -5.72. The lowest BCUT2D eigenvalue weighted by Crippen LogP contribution is -2.40. The van der Waals surface area contributed by atoms with Crippen molar-refractivity contribution < 1.29 is 31.6 Å². The molecule has 0 aliphatic rings. The van der Waals surface area contributed by atoms with Crippen LogP contribution in [0.1, 0.15) is 5.56 Å². The third kappa shape index (κ3) is 4.23. The van der Waals surface area contributed by atoms with Crippen molar-refractivity contribution in [1.29, 1.82) is 0 Å². The maximum absolute atomic E-state index is 12.6. The highest BCUT2D eigenvalue weighted by Crippen LogP contribution is 2.35. The molecule has 0 unspecified atom stereocenters. The molecular formula is C10H10F5N3O3. The zero-order valence-corrected chi connectivity index (χ0v) is 10.3. The van der Waals surface area contributed by atoms with Crippen molar-refractivity contribution in [3.63, 3.8) is 0 Å². The van der Waals surface area contributed by atoms with E-state index in [1.807, 2.05) is 0 Å². The minimum Gasteiger partial charge on any atom is -0.370 e. The van der Waals surface area contributed by atoms with Gasteiger partial charge in [-0.2, -0.15) is 22.0 Å². The monoisotopic (exact) mass is 315 g/mol. The second-order valence-electron chi connectivity index (χ2n) is 3.95. The third-order valence-electron chi connectivity index (χ3n) is 2.38. The lowest BCUT2D eigenvalue weighted by molar-refractivity contribution is -0.384. The second-order valence-corrected chi connectivity index (χ2v) is 3.95. The van der Waals surface area contributed by atoms with Crippen LogP contribution in [0.4, 0.5) is 33.3 Å². The lowest BCUT2D eigenvalue weighted by Gasteiger charge is -2.19. The SMILES string of the molecule is NNc1ccc(COCC(F)(F)C(F)(F)F)cc1[N+](=O)[O-]. The number of hydrazine groups is 1. The standard InChI is InChI=1S/C10H10F5N3O3/c11-9(12,10(13,14)15)5-21-4-6-1-2-7(17-16)8(3-6)18(19)20/h1-3,17H,4-5,16H2. The number of rotatable bonds is 6. The van der Waals surface area contributed by atoms with E-state index in [1.165, 1.54) is 12.1 Å². The first-order valence-electron chi connectivity index (χ1n) is 5.34. The number of alkyl halides is 5. The number of nitrogen functional groups attached to an aromatic ring is 1. The number of nitrogens with two attached hydrogens (primary N) is 1. The molecule has 0 aliphatic carbocycles. The number of benzene rings is 1. The third-order valence-corrected chi connectivity index (χ3v) is 2.38. The van der Waals surface area contributed by atoms with Gasteiger partial charge in [0.25, 0.3) is 5.69 Å². The van der Waals surface area contributed by atoms with E-state index in [1.54, 1.807) is 0 Å². The molecule has 0 radical (unpaired) electrons. The molecular weight excluding hydrogens is 305 g/mol. The van der Waals surface area contributed by atoms with Gasteiger partial charge in [-0.15, -0.1) is 0 Å². The number of ether oxygens (including phenoxy) is 1.